The Morgan fingerprint density at radius 1 is 1.14 bits per heavy atom. The fourth-order valence-electron chi connectivity index (χ4n) is 2.68. The molecule has 0 saturated heterocycles. The van der Waals surface area contributed by atoms with Gasteiger partial charge in [0, 0.05) is 30.2 Å². The van der Waals surface area contributed by atoms with E-state index < -0.39 is 6.29 Å². The molecule has 144 valence electrons. The lowest BCUT2D eigenvalue weighted by Crippen LogP contribution is -2.25. The van der Waals surface area contributed by atoms with Crippen LogP contribution in [0, 0.1) is 0 Å². The average Bonchev–Trinajstić information content (AvgIpc) is 3.22. The number of oxazole rings is 1. The zero-order chi connectivity index (χ0) is 19.7. The van der Waals surface area contributed by atoms with Crippen molar-refractivity contribution in [1.82, 2.24) is 4.98 Å². The SMILES string of the molecule is O=C(CCc1ncc(-c2ccccc2Cl)o1)Nc1ccc2c(c1)OC(F)(F)O2. The fourth-order valence-corrected chi connectivity index (χ4v) is 2.91. The van der Waals surface area contributed by atoms with Gasteiger partial charge in [0.1, 0.15) is 0 Å². The number of ether oxygens (including phenoxy) is 2. The van der Waals surface area contributed by atoms with Gasteiger partial charge in [0.2, 0.25) is 5.91 Å². The van der Waals surface area contributed by atoms with E-state index in [1.165, 1.54) is 18.2 Å². The fraction of sp³-hybridized carbons (Fsp3) is 0.158. The molecule has 0 unspecified atom stereocenters. The maximum absolute atomic E-state index is 13.0. The van der Waals surface area contributed by atoms with Gasteiger partial charge in [0.25, 0.3) is 0 Å². The minimum Gasteiger partial charge on any atom is -0.441 e. The van der Waals surface area contributed by atoms with Gasteiger partial charge in [-0.1, -0.05) is 23.7 Å². The number of aromatic nitrogens is 1. The number of benzene rings is 2. The molecule has 1 aliphatic rings. The van der Waals surface area contributed by atoms with Crippen LogP contribution in [-0.4, -0.2) is 17.2 Å². The van der Waals surface area contributed by atoms with Crippen molar-refractivity contribution in [2.45, 2.75) is 19.1 Å². The van der Waals surface area contributed by atoms with Gasteiger partial charge >= 0.3 is 6.29 Å². The van der Waals surface area contributed by atoms with Crippen molar-refractivity contribution in [3.05, 3.63) is 59.6 Å². The number of carbonyl (C=O) groups is 1. The van der Waals surface area contributed by atoms with E-state index >= 15 is 0 Å². The first-order valence-corrected chi connectivity index (χ1v) is 8.67. The minimum atomic E-state index is -3.70. The number of fused-ring (bicyclic) bond motifs is 1. The van der Waals surface area contributed by atoms with Crippen LogP contribution >= 0.6 is 11.6 Å². The van der Waals surface area contributed by atoms with Crippen LogP contribution in [0.3, 0.4) is 0 Å². The first kappa shape index (κ1) is 18.2. The molecule has 2 heterocycles. The van der Waals surface area contributed by atoms with E-state index in [1.54, 1.807) is 12.3 Å². The number of rotatable bonds is 5. The van der Waals surface area contributed by atoms with Gasteiger partial charge < -0.3 is 19.2 Å². The molecule has 0 radical (unpaired) electrons. The number of nitrogens with zero attached hydrogens (tertiary/aromatic N) is 1. The third kappa shape index (κ3) is 3.91. The Hall–Kier alpha value is -3.13. The summed E-state index contributed by atoms with van der Waals surface area (Å²) < 4.78 is 40.4. The Morgan fingerprint density at radius 2 is 1.93 bits per heavy atom. The van der Waals surface area contributed by atoms with Gasteiger partial charge in [-0.25, -0.2) is 4.98 Å². The molecule has 0 bridgehead atoms. The zero-order valence-corrected chi connectivity index (χ0v) is 15.0. The summed E-state index contributed by atoms with van der Waals surface area (Å²) in [6, 6.07) is 11.2. The predicted molar refractivity (Wildman–Crippen MR) is 96.5 cm³/mol. The number of hydrogen-bond acceptors (Lipinski definition) is 5. The van der Waals surface area contributed by atoms with Crippen LogP contribution in [0.2, 0.25) is 5.02 Å². The van der Waals surface area contributed by atoms with Gasteiger partial charge in [0.05, 0.1) is 11.2 Å². The van der Waals surface area contributed by atoms with E-state index in [2.05, 4.69) is 19.8 Å². The molecule has 1 N–H and O–H groups in total. The largest absolute Gasteiger partial charge is 0.586 e. The number of hydrogen-bond donors (Lipinski definition) is 1. The van der Waals surface area contributed by atoms with Gasteiger partial charge in [-0.3, -0.25) is 4.79 Å². The molecule has 1 amide bonds. The smallest absolute Gasteiger partial charge is 0.441 e. The number of anilines is 1. The van der Waals surface area contributed by atoms with E-state index in [4.69, 9.17) is 16.0 Å². The molecule has 9 heteroatoms. The molecule has 3 aromatic rings. The van der Waals surface area contributed by atoms with Gasteiger partial charge in [0.15, 0.2) is 23.1 Å². The third-order valence-corrected chi connectivity index (χ3v) is 4.27. The summed E-state index contributed by atoms with van der Waals surface area (Å²) in [5.41, 5.74) is 1.03. The Labute approximate surface area is 163 Å². The monoisotopic (exact) mass is 406 g/mol. The summed E-state index contributed by atoms with van der Waals surface area (Å²) in [5, 5.41) is 3.15. The van der Waals surface area contributed by atoms with E-state index in [0.29, 0.717) is 27.9 Å². The average molecular weight is 407 g/mol. The Balaban J connectivity index is 1.35. The highest BCUT2D eigenvalue weighted by Crippen LogP contribution is 2.42. The van der Waals surface area contributed by atoms with E-state index in [0.717, 1.165) is 0 Å². The normalized spacial score (nSPS) is 14.1. The topological polar surface area (TPSA) is 73.6 Å². The number of amides is 1. The molecule has 2 aromatic carbocycles. The van der Waals surface area contributed by atoms with E-state index in [-0.39, 0.29) is 30.2 Å². The molecule has 0 atom stereocenters. The lowest BCUT2D eigenvalue weighted by Gasteiger charge is -2.05. The highest BCUT2D eigenvalue weighted by atomic mass is 35.5. The number of carbonyl (C=O) groups excluding carboxylic acids is 1. The van der Waals surface area contributed by atoms with Crippen LogP contribution < -0.4 is 14.8 Å². The second-order valence-electron chi connectivity index (χ2n) is 5.98. The third-order valence-electron chi connectivity index (χ3n) is 3.94. The standard InChI is InChI=1S/C19H13ClF2N2O4/c20-13-4-2-1-3-12(13)16-10-23-18(26-16)8-7-17(25)24-11-5-6-14-15(9-11)28-19(21,22)27-14/h1-6,9-10H,7-8H2,(H,24,25). The van der Waals surface area contributed by atoms with Crippen LogP contribution in [0.5, 0.6) is 11.5 Å². The second-order valence-corrected chi connectivity index (χ2v) is 6.38. The molecule has 0 aliphatic carbocycles. The summed E-state index contributed by atoms with van der Waals surface area (Å²) in [6.45, 7) is 0. The highest BCUT2D eigenvalue weighted by Gasteiger charge is 2.43. The molecule has 28 heavy (non-hydrogen) atoms. The molecule has 6 nitrogen and oxygen atoms in total. The van der Waals surface area contributed by atoms with E-state index in [1.807, 2.05) is 18.2 Å². The van der Waals surface area contributed by atoms with Crippen LogP contribution in [0.25, 0.3) is 11.3 Å². The number of aryl methyl sites for hydroxylation is 1. The zero-order valence-electron chi connectivity index (χ0n) is 14.2. The van der Waals surface area contributed by atoms with Gasteiger partial charge in [-0.2, -0.15) is 0 Å². The second kappa shape index (κ2) is 7.12. The maximum atomic E-state index is 13.0. The van der Waals surface area contributed by atoms with Crippen molar-refractivity contribution in [3.63, 3.8) is 0 Å². The van der Waals surface area contributed by atoms with Crippen molar-refractivity contribution < 1.29 is 27.5 Å². The molecule has 1 aromatic heterocycles. The summed E-state index contributed by atoms with van der Waals surface area (Å²) >= 11 is 6.13. The molecular weight excluding hydrogens is 394 g/mol. The number of alkyl halides is 2. The summed E-state index contributed by atoms with van der Waals surface area (Å²) in [4.78, 5) is 16.3. The van der Waals surface area contributed by atoms with Crippen molar-refractivity contribution >= 4 is 23.2 Å². The van der Waals surface area contributed by atoms with Gasteiger partial charge in [-0.05, 0) is 24.3 Å². The Kier molecular flexibility index (Phi) is 4.64. The van der Waals surface area contributed by atoms with Crippen molar-refractivity contribution in [2.24, 2.45) is 0 Å². The Bertz CT molecular complexity index is 1040. The van der Waals surface area contributed by atoms with Crippen molar-refractivity contribution in [2.75, 3.05) is 5.32 Å². The predicted octanol–water partition coefficient (Wildman–Crippen LogP) is 4.89. The Morgan fingerprint density at radius 3 is 2.75 bits per heavy atom. The highest BCUT2D eigenvalue weighted by molar-refractivity contribution is 6.33. The van der Waals surface area contributed by atoms with Crippen LogP contribution in [-0.2, 0) is 11.2 Å². The van der Waals surface area contributed by atoms with Crippen molar-refractivity contribution in [3.8, 4) is 22.8 Å². The molecular formula is C19H13ClF2N2O4. The lowest BCUT2D eigenvalue weighted by molar-refractivity contribution is -0.286. The first-order chi connectivity index (χ1) is 13.4. The lowest BCUT2D eigenvalue weighted by atomic mass is 10.2. The summed E-state index contributed by atoms with van der Waals surface area (Å²) in [7, 11) is 0. The molecule has 0 fully saturated rings. The van der Waals surface area contributed by atoms with E-state index in [9.17, 15) is 13.6 Å². The number of halogens is 3. The molecule has 0 saturated carbocycles. The summed E-state index contributed by atoms with van der Waals surface area (Å²) in [6.07, 6.45) is -1.80. The van der Waals surface area contributed by atoms with Crippen molar-refractivity contribution in [1.29, 1.82) is 0 Å². The molecule has 0 spiro atoms. The quantitative estimate of drug-likeness (QED) is 0.653. The van der Waals surface area contributed by atoms with Crippen LogP contribution in [0.15, 0.2) is 53.1 Å². The molecule has 4 rings (SSSR count). The van der Waals surface area contributed by atoms with Crippen LogP contribution in [0.4, 0.5) is 14.5 Å². The minimum absolute atomic E-state index is 0.0881. The number of nitrogens with one attached hydrogen (secondary N) is 1. The van der Waals surface area contributed by atoms with Gasteiger partial charge in [-0.15, -0.1) is 8.78 Å². The molecule has 1 aliphatic heterocycles. The maximum Gasteiger partial charge on any atom is 0.586 e. The first-order valence-electron chi connectivity index (χ1n) is 8.29. The van der Waals surface area contributed by atoms with Crippen LogP contribution in [0.1, 0.15) is 12.3 Å². The summed E-state index contributed by atoms with van der Waals surface area (Å²) in [5.74, 6) is 0.339.